The van der Waals surface area contributed by atoms with E-state index >= 15 is 0 Å². The molecule has 0 aliphatic heterocycles. The molecular formula is C23H26N2O. The molecule has 4 N–H and O–H groups in total. The molecule has 0 fully saturated rings. The lowest BCUT2D eigenvalue weighted by Gasteiger charge is -2.37. The third-order valence-electron chi connectivity index (χ3n) is 5.73. The van der Waals surface area contributed by atoms with Crippen LogP contribution in [0.3, 0.4) is 0 Å². The number of rotatable bonds is 5. The van der Waals surface area contributed by atoms with Gasteiger partial charge < -0.3 is 16.2 Å². The van der Waals surface area contributed by atoms with Crippen LogP contribution in [0, 0.1) is 0 Å². The minimum Gasteiger partial charge on any atom is -0.384 e. The largest absolute Gasteiger partial charge is 0.384 e. The quantitative estimate of drug-likeness (QED) is 0.661. The Kier molecular flexibility index (Phi) is 4.77. The minimum absolute atomic E-state index is 0.278. The Morgan fingerprint density at radius 1 is 1.00 bits per heavy atom. The van der Waals surface area contributed by atoms with Crippen LogP contribution in [0.15, 0.2) is 66.7 Å². The normalized spacial score (nSPS) is 22.3. The highest BCUT2D eigenvalue weighted by Crippen LogP contribution is 2.40. The smallest absolute Gasteiger partial charge is 0.102 e. The van der Waals surface area contributed by atoms with Crippen LogP contribution in [0.2, 0.25) is 0 Å². The fourth-order valence-corrected chi connectivity index (χ4v) is 4.23. The molecule has 2 atom stereocenters. The van der Waals surface area contributed by atoms with Crippen LogP contribution in [0.4, 0.5) is 0 Å². The summed E-state index contributed by atoms with van der Waals surface area (Å²) >= 11 is 0. The van der Waals surface area contributed by atoms with Crippen molar-refractivity contribution in [1.29, 1.82) is 0 Å². The lowest BCUT2D eigenvalue weighted by molar-refractivity contribution is 0.0239. The van der Waals surface area contributed by atoms with Crippen molar-refractivity contribution in [1.82, 2.24) is 5.32 Å². The molecule has 26 heavy (non-hydrogen) atoms. The first kappa shape index (κ1) is 17.2. The van der Waals surface area contributed by atoms with Crippen LogP contribution >= 0.6 is 0 Å². The Hall–Kier alpha value is -2.20. The maximum atomic E-state index is 10.8. The number of benzene rings is 3. The van der Waals surface area contributed by atoms with Crippen LogP contribution in [0.1, 0.15) is 35.4 Å². The first-order valence-corrected chi connectivity index (χ1v) is 9.40. The molecular weight excluding hydrogens is 320 g/mol. The Morgan fingerprint density at radius 2 is 1.77 bits per heavy atom. The van der Waals surface area contributed by atoms with E-state index in [4.69, 9.17) is 5.73 Å². The third kappa shape index (κ3) is 3.14. The van der Waals surface area contributed by atoms with Crippen molar-refractivity contribution in [2.75, 3.05) is 13.1 Å². The highest BCUT2D eigenvalue weighted by atomic mass is 16.3. The summed E-state index contributed by atoms with van der Waals surface area (Å²) in [5, 5.41) is 17.1. The molecule has 3 heteroatoms. The van der Waals surface area contributed by atoms with Crippen LogP contribution in [0.5, 0.6) is 0 Å². The second-order valence-electron chi connectivity index (χ2n) is 7.33. The number of hydrogen-bond donors (Lipinski definition) is 3. The first-order valence-electron chi connectivity index (χ1n) is 9.40. The number of nitrogens with two attached hydrogens (primary N) is 1. The molecule has 0 heterocycles. The van der Waals surface area contributed by atoms with Crippen LogP contribution < -0.4 is 11.1 Å². The Bertz CT molecular complexity index is 902. The van der Waals surface area contributed by atoms with Gasteiger partial charge in [-0.2, -0.15) is 0 Å². The summed E-state index contributed by atoms with van der Waals surface area (Å²) in [4.78, 5) is 0. The Labute approximate surface area is 154 Å². The maximum absolute atomic E-state index is 10.8. The molecule has 134 valence electrons. The molecule has 1 aliphatic rings. The summed E-state index contributed by atoms with van der Waals surface area (Å²) in [6.07, 6.45) is 1.67. The summed E-state index contributed by atoms with van der Waals surface area (Å²) < 4.78 is 0. The molecule has 3 aromatic carbocycles. The number of hydrogen-bond acceptors (Lipinski definition) is 3. The average molecular weight is 346 g/mol. The predicted molar refractivity (Wildman–Crippen MR) is 107 cm³/mol. The fraction of sp³-hybridized carbons (Fsp3) is 0.304. The van der Waals surface area contributed by atoms with Crippen molar-refractivity contribution in [2.24, 2.45) is 5.73 Å². The topological polar surface area (TPSA) is 58.3 Å². The molecule has 0 amide bonds. The van der Waals surface area contributed by atoms with E-state index in [1.54, 1.807) is 0 Å². The minimum atomic E-state index is -0.872. The van der Waals surface area contributed by atoms with E-state index in [0.29, 0.717) is 5.92 Å². The summed E-state index contributed by atoms with van der Waals surface area (Å²) in [7, 11) is 0. The van der Waals surface area contributed by atoms with Crippen molar-refractivity contribution in [3.63, 3.8) is 0 Å². The van der Waals surface area contributed by atoms with Gasteiger partial charge >= 0.3 is 0 Å². The highest BCUT2D eigenvalue weighted by Gasteiger charge is 2.36. The van der Waals surface area contributed by atoms with E-state index in [1.165, 1.54) is 21.9 Å². The summed E-state index contributed by atoms with van der Waals surface area (Å²) in [6.45, 7) is 2.03. The third-order valence-corrected chi connectivity index (χ3v) is 5.73. The highest BCUT2D eigenvalue weighted by molar-refractivity contribution is 5.85. The molecule has 0 radical (unpaired) electrons. The van der Waals surface area contributed by atoms with Gasteiger partial charge in [-0.1, -0.05) is 66.7 Å². The van der Waals surface area contributed by atoms with Crippen molar-refractivity contribution < 1.29 is 5.11 Å². The van der Waals surface area contributed by atoms with Gasteiger partial charge in [-0.05, 0) is 46.2 Å². The number of aliphatic hydroxyl groups is 1. The Morgan fingerprint density at radius 3 is 2.65 bits per heavy atom. The van der Waals surface area contributed by atoms with Crippen LogP contribution in [0.25, 0.3) is 10.8 Å². The summed E-state index contributed by atoms with van der Waals surface area (Å²) in [5.41, 5.74) is 8.55. The summed E-state index contributed by atoms with van der Waals surface area (Å²) in [6, 6.07) is 23.2. The molecule has 0 bridgehead atoms. The van der Waals surface area contributed by atoms with Crippen LogP contribution in [-0.2, 0) is 12.1 Å². The second-order valence-corrected chi connectivity index (χ2v) is 7.33. The van der Waals surface area contributed by atoms with Gasteiger partial charge in [0, 0.05) is 19.6 Å². The molecule has 0 spiro atoms. The van der Waals surface area contributed by atoms with Crippen molar-refractivity contribution >= 4 is 10.8 Å². The van der Waals surface area contributed by atoms with Gasteiger partial charge in [0.15, 0.2) is 0 Å². The molecule has 0 saturated carbocycles. The zero-order chi connectivity index (χ0) is 18.0. The lowest BCUT2D eigenvalue weighted by atomic mass is 9.74. The van der Waals surface area contributed by atoms with E-state index in [2.05, 4.69) is 59.9 Å². The van der Waals surface area contributed by atoms with Gasteiger partial charge in [-0.15, -0.1) is 0 Å². The van der Waals surface area contributed by atoms with Gasteiger partial charge in [-0.25, -0.2) is 0 Å². The van der Waals surface area contributed by atoms with Gasteiger partial charge in [0.1, 0.15) is 5.60 Å². The van der Waals surface area contributed by atoms with E-state index < -0.39 is 5.60 Å². The molecule has 3 nitrogen and oxygen atoms in total. The maximum Gasteiger partial charge on any atom is 0.102 e. The lowest BCUT2D eigenvalue weighted by Crippen LogP contribution is -2.40. The van der Waals surface area contributed by atoms with Crippen LogP contribution in [-0.4, -0.2) is 18.2 Å². The monoisotopic (exact) mass is 346 g/mol. The van der Waals surface area contributed by atoms with Crippen molar-refractivity contribution in [3.05, 3.63) is 83.4 Å². The van der Waals surface area contributed by atoms with E-state index in [9.17, 15) is 5.11 Å². The van der Waals surface area contributed by atoms with Gasteiger partial charge in [0.25, 0.3) is 0 Å². The molecule has 0 aromatic heterocycles. The summed E-state index contributed by atoms with van der Waals surface area (Å²) in [5.74, 6) is 0.410. The zero-order valence-electron chi connectivity index (χ0n) is 15.0. The average Bonchev–Trinajstić information content (AvgIpc) is 2.70. The van der Waals surface area contributed by atoms with E-state index in [1.807, 2.05) is 12.1 Å². The molecule has 4 rings (SSSR count). The van der Waals surface area contributed by atoms with Crippen molar-refractivity contribution in [2.45, 2.75) is 30.9 Å². The molecule has 3 aromatic rings. The molecule has 1 aliphatic carbocycles. The van der Waals surface area contributed by atoms with E-state index in [0.717, 1.165) is 31.5 Å². The number of fused-ring (bicyclic) bond motifs is 2. The zero-order valence-corrected chi connectivity index (χ0v) is 15.0. The fourth-order valence-electron chi connectivity index (χ4n) is 4.23. The standard InChI is InChI=1S/C23H26N2O/c24-16-23(26)13-12-19(21-10-3-4-11-22(21)23)15-25-14-18-8-5-7-17-6-1-2-9-20(17)18/h1-11,19,25-26H,12-16,24H2. The van der Waals surface area contributed by atoms with Gasteiger partial charge in [-0.3, -0.25) is 0 Å². The van der Waals surface area contributed by atoms with Gasteiger partial charge in [0.05, 0.1) is 0 Å². The molecule has 0 saturated heterocycles. The number of nitrogens with one attached hydrogen (secondary N) is 1. The SMILES string of the molecule is NCC1(O)CCC(CNCc2cccc3ccccc23)c2ccccc21. The predicted octanol–water partition coefficient (Wildman–Crippen LogP) is 3.65. The van der Waals surface area contributed by atoms with E-state index in [-0.39, 0.29) is 6.54 Å². The van der Waals surface area contributed by atoms with Gasteiger partial charge in [0.2, 0.25) is 0 Å². The molecule has 2 unspecified atom stereocenters. The second kappa shape index (κ2) is 7.20. The Balaban J connectivity index is 1.49. The van der Waals surface area contributed by atoms with Crippen molar-refractivity contribution in [3.8, 4) is 0 Å². The first-order chi connectivity index (χ1) is 12.7.